The van der Waals surface area contributed by atoms with Gasteiger partial charge < -0.3 is 0 Å². The van der Waals surface area contributed by atoms with E-state index in [-0.39, 0.29) is 26.2 Å². The van der Waals surface area contributed by atoms with Crippen molar-refractivity contribution in [1.82, 2.24) is 0 Å². The van der Waals surface area contributed by atoms with Crippen LogP contribution >= 0.6 is 0 Å². The molecule has 0 spiro atoms. The molecule has 0 aliphatic heterocycles. The molecule has 0 N–H and O–H groups in total. The molecule has 0 amide bonds. The zero-order chi connectivity index (χ0) is 12.0. The van der Waals surface area contributed by atoms with Gasteiger partial charge in [-0.3, -0.25) is 0 Å². The van der Waals surface area contributed by atoms with E-state index in [1.54, 1.807) is 0 Å². The second kappa shape index (κ2) is 8.86. The second-order valence-corrected chi connectivity index (χ2v) is 4.35. The molecule has 17 heavy (non-hydrogen) atoms. The van der Waals surface area contributed by atoms with Gasteiger partial charge in [0.1, 0.15) is 0 Å². The second-order valence-electron chi connectivity index (χ2n) is 4.35. The van der Waals surface area contributed by atoms with E-state index in [9.17, 15) is 0 Å². The minimum absolute atomic E-state index is 0. The largest absolute Gasteiger partial charge is 2.00 e. The molecule has 0 aromatic rings. The summed E-state index contributed by atoms with van der Waals surface area (Å²) < 4.78 is 0. The van der Waals surface area contributed by atoms with Crippen LogP contribution in [-0.2, 0) is 26.2 Å². The van der Waals surface area contributed by atoms with Gasteiger partial charge >= 0.3 is 26.2 Å². The van der Waals surface area contributed by atoms with Gasteiger partial charge in [-0.05, 0) is 0 Å². The van der Waals surface area contributed by atoms with Gasteiger partial charge in [-0.25, -0.2) is 35.5 Å². The molecule has 0 saturated heterocycles. The molecule has 2 aliphatic carbocycles. The standard InChI is InChI=1S/2C8H11.Zr/c2*1-3-8-5-4-7(2)6-8;/h2*4H,3,5H2,1-2H3;/q2*-1;+2. The molecule has 0 aromatic carbocycles. The topological polar surface area (TPSA) is 0 Å². The summed E-state index contributed by atoms with van der Waals surface area (Å²) in [6, 6.07) is 0. The van der Waals surface area contributed by atoms with Gasteiger partial charge in [0.05, 0.1) is 0 Å². The molecule has 0 saturated carbocycles. The summed E-state index contributed by atoms with van der Waals surface area (Å²) in [6.45, 7) is 8.55. The third-order valence-electron chi connectivity index (χ3n) is 2.91. The van der Waals surface area contributed by atoms with Crippen LogP contribution in [-0.4, -0.2) is 0 Å². The molecule has 0 heterocycles. The fraction of sp³-hybridized carbons (Fsp3) is 0.500. The molecule has 2 rings (SSSR count). The van der Waals surface area contributed by atoms with Gasteiger partial charge in [0, 0.05) is 0 Å². The molecule has 0 fully saturated rings. The average Bonchev–Trinajstić information content (AvgIpc) is 2.88. The quantitative estimate of drug-likeness (QED) is 0.633. The van der Waals surface area contributed by atoms with Crippen molar-refractivity contribution in [2.75, 3.05) is 0 Å². The molecule has 0 unspecified atom stereocenters. The molecule has 0 bridgehead atoms. The summed E-state index contributed by atoms with van der Waals surface area (Å²) in [6.07, 6.45) is 15.6. The van der Waals surface area contributed by atoms with Crippen LogP contribution < -0.4 is 0 Å². The Labute approximate surface area is 126 Å². The van der Waals surface area contributed by atoms with E-state index in [4.69, 9.17) is 0 Å². The molecule has 1 heteroatoms. The zero-order valence-electron chi connectivity index (χ0n) is 11.5. The monoisotopic (exact) mass is 304 g/mol. The fourth-order valence-electron chi connectivity index (χ4n) is 1.78. The van der Waals surface area contributed by atoms with Crippen LogP contribution in [0.5, 0.6) is 0 Å². The summed E-state index contributed by atoms with van der Waals surface area (Å²) in [5, 5.41) is 0. The zero-order valence-corrected chi connectivity index (χ0v) is 13.9. The van der Waals surface area contributed by atoms with E-state index in [1.165, 1.54) is 22.3 Å². The number of hydrogen-bond acceptors (Lipinski definition) is 0. The van der Waals surface area contributed by atoms with Gasteiger partial charge in [-0.15, -0.1) is 0 Å². The summed E-state index contributed by atoms with van der Waals surface area (Å²) in [5.41, 5.74) is 5.51. The van der Waals surface area contributed by atoms with E-state index < -0.39 is 0 Å². The van der Waals surface area contributed by atoms with Crippen LogP contribution in [0.2, 0.25) is 0 Å². The van der Waals surface area contributed by atoms with E-state index in [1.807, 2.05) is 0 Å². The summed E-state index contributed by atoms with van der Waals surface area (Å²) in [4.78, 5) is 0. The Balaban J connectivity index is 0.000000284. The number of allylic oxidation sites excluding steroid dienone is 8. The minimum atomic E-state index is 0. The summed E-state index contributed by atoms with van der Waals surface area (Å²) >= 11 is 0. The Morgan fingerprint density at radius 1 is 0.882 bits per heavy atom. The van der Waals surface area contributed by atoms with Crippen LogP contribution in [0, 0.1) is 12.2 Å². The van der Waals surface area contributed by atoms with E-state index >= 15 is 0 Å². The van der Waals surface area contributed by atoms with Gasteiger partial charge in [-0.1, -0.05) is 53.4 Å². The Morgan fingerprint density at radius 2 is 1.24 bits per heavy atom. The Hall–Kier alpha value is -0.157. The van der Waals surface area contributed by atoms with Gasteiger partial charge in [0.2, 0.25) is 0 Å². The van der Waals surface area contributed by atoms with Crippen LogP contribution in [0.1, 0.15) is 53.4 Å². The van der Waals surface area contributed by atoms with Crippen molar-refractivity contribution in [3.05, 3.63) is 46.6 Å². The van der Waals surface area contributed by atoms with Crippen LogP contribution in [0.15, 0.2) is 34.4 Å². The number of rotatable bonds is 2. The van der Waals surface area contributed by atoms with Crippen LogP contribution in [0.3, 0.4) is 0 Å². The maximum atomic E-state index is 3.28. The SMILES string of the molecule is CCC1=[C-]C(C)=CC1.CCC1=[C-]C(C)=CC1.[Zr+2]. The molecule has 0 radical (unpaired) electrons. The number of hydrogen-bond donors (Lipinski definition) is 0. The third kappa shape index (κ3) is 6.36. The molecule has 0 atom stereocenters. The maximum absolute atomic E-state index is 3.28. The van der Waals surface area contributed by atoms with E-state index in [2.05, 4.69) is 52.0 Å². The summed E-state index contributed by atoms with van der Waals surface area (Å²) in [5.74, 6) is 0. The minimum Gasteiger partial charge on any atom is -0.250 e. The first-order chi connectivity index (χ1) is 7.65. The van der Waals surface area contributed by atoms with Crippen molar-refractivity contribution in [3.63, 3.8) is 0 Å². The van der Waals surface area contributed by atoms with E-state index in [0.717, 1.165) is 25.7 Å². The van der Waals surface area contributed by atoms with E-state index in [0.29, 0.717) is 0 Å². The molecular weight excluding hydrogens is 283 g/mol. The molecular formula is C16H22Zr. The Morgan fingerprint density at radius 3 is 1.35 bits per heavy atom. The van der Waals surface area contributed by atoms with Crippen molar-refractivity contribution in [2.45, 2.75) is 53.4 Å². The van der Waals surface area contributed by atoms with Gasteiger partial charge in [-0.2, -0.15) is 11.1 Å². The molecule has 2 aliphatic rings. The smallest absolute Gasteiger partial charge is 0.250 e. The van der Waals surface area contributed by atoms with Gasteiger partial charge in [0.25, 0.3) is 0 Å². The van der Waals surface area contributed by atoms with Crippen LogP contribution in [0.25, 0.3) is 0 Å². The van der Waals surface area contributed by atoms with Crippen molar-refractivity contribution in [1.29, 1.82) is 0 Å². The first kappa shape index (κ1) is 16.8. The van der Waals surface area contributed by atoms with Crippen molar-refractivity contribution in [2.24, 2.45) is 0 Å². The predicted octanol–water partition coefficient (Wildman–Crippen LogP) is 4.95. The normalized spacial score (nSPS) is 17.2. The van der Waals surface area contributed by atoms with Crippen molar-refractivity contribution in [3.8, 4) is 0 Å². The summed E-state index contributed by atoms with van der Waals surface area (Å²) in [7, 11) is 0. The third-order valence-corrected chi connectivity index (χ3v) is 2.91. The Kier molecular flexibility index (Phi) is 8.78. The van der Waals surface area contributed by atoms with Gasteiger partial charge in [0.15, 0.2) is 0 Å². The first-order valence-electron chi connectivity index (χ1n) is 6.22. The molecule has 0 nitrogen and oxygen atoms in total. The van der Waals surface area contributed by atoms with Crippen molar-refractivity contribution >= 4 is 0 Å². The fourth-order valence-corrected chi connectivity index (χ4v) is 1.78. The Bertz CT molecular complexity index is 318. The maximum Gasteiger partial charge on any atom is 2.00 e. The first-order valence-corrected chi connectivity index (χ1v) is 6.22. The predicted molar refractivity (Wildman–Crippen MR) is 70.8 cm³/mol. The van der Waals surface area contributed by atoms with Crippen LogP contribution in [0.4, 0.5) is 0 Å². The van der Waals surface area contributed by atoms with Crippen molar-refractivity contribution < 1.29 is 26.2 Å². The molecule has 0 aromatic heterocycles. The molecule has 90 valence electrons. The average molecular weight is 306 g/mol.